The zero-order chi connectivity index (χ0) is 10.3. The lowest BCUT2D eigenvalue weighted by Gasteiger charge is -2.22. The molecule has 13 heavy (non-hydrogen) atoms. The van der Waals surface area contributed by atoms with Crippen molar-refractivity contribution in [2.24, 2.45) is 0 Å². The van der Waals surface area contributed by atoms with Crippen LogP contribution in [0.1, 0.15) is 19.3 Å². The molecule has 78 valence electrons. The summed E-state index contributed by atoms with van der Waals surface area (Å²) in [4.78, 5) is 0. The lowest BCUT2D eigenvalue weighted by atomic mass is 10.3. The Labute approximate surface area is 86.3 Å². The van der Waals surface area contributed by atoms with Gasteiger partial charge in [-0.15, -0.1) is 0 Å². The quantitative estimate of drug-likeness (QED) is 0.408. The lowest BCUT2D eigenvalue weighted by molar-refractivity contribution is 0.248. The molecule has 0 aromatic rings. The first-order valence-electron chi connectivity index (χ1n) is 4.36. The monoisotopic (exact) mass is 222 g/mol. The summed E-state index contributed by atoms with van der Waals surface area (Å²) in [6.07, 6.45) is 2.50. The molecule has 0 saturated heterocycles. The Morgan fingerprint density at radius 3 is 2.23 bits per heavy atom. The van der Waals surface area contributed by atoms with E-state index in [0.717, 1.165) is 18.9 Å². The van der Waals surface area contributed by atoms with Crippen LogP contribution >= 0.6 is 12.2 Å². The summed E-state index contributed by atoms with van der Waals surface area (Å²) in [7, 11) is 1.48. The highest BCUT2D eigenvalue weighted by Crippen LogP contribution is 2.15. The largest absolute Gasteiger partial charge is 0.502 e. The molecule has 0 atom stereocenters. The first kappa shape index (κ1) is 13.0. The van der Waals surface area contributed by atoms with E-state index in [2.05, 4.69) is 12.2 Å². The van der Waals surface area contributed by atoms with Crippen molar-refractivity contribution in [2.45, 2.75) is 31.9 Å². The number of hydrogen-bond donors (Lipinski definition) is 1. The highest BCUT2D eigenvalue weighted by atomic mass is 32.1. The Morgan fingerprint density at radius 2 is 1.85 bits per heavy atom. The third-order valence-corrected chi connectivity index (χ3v) is 5.33. The maximum atomic E-state index is 8.78. The van der Waals surface area contributed by atoms with Crippen molar-refractivity contribution < 1.29 is 14.0 Å². The minimum absolute atomic E-state index is 0.0956. The van der Waals surface area contributed by atoms with Crippen LogP contribution in [0.2, 0.25) is 12.6 Å². The molecule has 0 bridgehead atoms. The molecule has 0 spiro atoms. The van der Waals surface area contributed by atoms with E-state index in [1.54, 1.807) is 14.2 Å². The van der Waals surface area contributed by atoms with Crippen LogP contribution in [0.15, 0.2) is 0 Å². The third kappa shape index (κ3) is 6.15. The van der Waals surface area contributed by atoms with Gasteiger partial charge in [0.2, 0.25) is 0 Å². The smallest absolute Gasteiger partial charge is 0.334 e. The zero-order valence-corrected chi connectivity index (χ0v) is 10.3. The van der Waals surface area contributed by atoms with E-state index in [-0.39, 0.29) is 5.05 Å². The normalized spacial score (nSPS) is 11.6. The second kappa shape index (κ2) is 6.48. The molecule has 0 radical (unpaired) electrons. The lowest BCUT2D eigenvalue weighted by Crippen LogP contribution is -2.35. The Bertz CT molecular complexity index is 159. The summed E-state index contributed by atoms with van der Waals surface area (Å²) >= 11 is 4.56. The first-order valence-corrected chi connectivity index (χ1v) is 7.29. The molecule has 0 aliphatic carbocycles. The second-order valence-electron chi connectivity index (χ2n) is 3.14. The molecule has 0 unspecified atom stereocenters. The van der Waals surface area contributed by atoms with Crippen LogP contribution < -0.4 is 0 Å². The minimum atomic E-state index is -1.89. The van der Waals surface area contributed by atoms with Crippen molar-refractivity contribution in [3.63, 3.8) is 0 Å². The van der Waals surface area contributed by atoms with E-state index < -0.39 is 8.56 Å². The van der Waals surface area contributed by atoms with E-state index in [1.165, 1.54) is 0 Å². The van der Waals surface area contributed by atoms with Gasteiger partial charge in [0.05, 0.1) is 0 Å². The van der Waals surface area contributed by atoms with Gasteiger partial charge in [0, 0.05) is 20.6 Å². The average Bonchev–Trinajstić information content (AvgIpc) is 2.12. The summed E-state index contributed by atoms with van der Waals surface area (Å²) in [5, 5.41) is 8.87. The number of thiocarbonyl (C=S) groups is 1. The van der Waals surface area contributed by atoms with Gasteiger partial charge in [0.1, 0.15) is 0 Å². The van der Waals surface area contributed by atoms with Crippen LogP contribution in [-0.4, -0.2) is 32.9 Å². The van der Waals surface area contributed by atoms with Crippen molar-refractivity contribution >= 4 is 25.8 Å². The van der Waals surface area contributed by atoms with E-state index >= 15 is 0 Å². The standard InChI is InChI=1S/C8H18O3SSi/c1-10-13(3,11-2)7-5-4-6-8(9)12/h4-7H2,1-3H3,(H,9,12). The number of unbranched alkanes of at least 4 members (excludes halogenated alkanes) is 1. The Balaban J connectivity index is 3.55. The van der Waals surface area contributed by atoms with Crippen molar-refractivity contribution in [1.29, 1.82) is 0 Å². The van der Waals surface area contributed by atoms with Gasteiger partial charge in [-0.25, -0.2) is 0 Å². The molecule has 1 N–H and O–H groups in total. The van der Waals surface area contributed by atoms with E-state index in [4.69, 9.17) is 14.0 Å². The molecule has 5 heteroatoms. The topological polar surface area (TPSA) is 38.7 Å². The van der Waals surface area contributed by atoms with Crippen molar-refractivity contribution in [3.05, 3.63) is 0 Å². The average molecular weight is 222 g/mol. The predicted molar refractivity (Wildman–Crippen MR) is 59.5 cm³/mol. The maximum Gasteiger partial charge on any atom is 0.334 e. The van der Waals surface area contributed by atoms with Crippen LogP contribution in [-0.2, 0) is 8.85 Å². The van der Waals surface area contributed by atoms with Crippen LogP contribution in [0.5, 0.6) is 0 Å². The Hall–Kier alpha value is 0.0269. The fraction of sp³-hybridized carbons (Fsp3) is 0.875. The van der Waals surface area contributed by atoms with Crippen molar-refractivity contribution in [1.82, 2.24) is 0 Å². The minimum Gasteiger partial charge on any atom is -0.502 e. The molecule has 0 amide bonds. The molecule has 0 saturated carbocycles. The van der Waals surface area contributed by atoms with Crippen molar-refractivity contribution in [2.75, 3.05) is 14.2 Å². The molecule has 3 nitrogen and oxygen atoms in total. The second-order valence-corrected chi connectivity index (χ2v) is 7.20. The van der Waals surface area contributed by atoms with Crippen LogP contribution in [0.4, 0.5) is 0 Å². The summed E-state index contributed by atoms with van der Waals surface area (Å²) in [5.41, 5.74) is 0. The molecule has 0 rings (SSSR count). The summed E-state index contributed by atoms with van der Waals surface area (Å²) in [5.74, 6) is 0. The fourth-order valence-corrected chi connectivity index (χ4v) is 2.62. The summed E-state index contributed by atoms with van der Waals surface area (Å²) < 4.78 is 10.6. The van der Waals surface area contributed by atoms with Gasteiger partial charge in [0.25, 0.3) is 0 Å². The first-order chi connectivity index (χ1) is 6.04. The molecule has 0 aromatic carbocycles. The molecular formula is C8H18O3SSi. The van der Waals surface area contributed by atoms with E-state index in [1.807, 2.05) is 6.55 Å². The van der Waals surface area contributed by atoms with Gasteiger partial charge < -0.3 is 14.0 Å². The molecule has 0 aliphatic rings. The maximum absolute atomic E-state index is 8.78. The molecule has 0 aliphatic heterocycles. The highest BCUT2D eigenvalue weighted by Gasteiger charge is 2.27. The van der Waals surface area contributed by atoms with Gasteiger partial charge in [-0.2, -0.15) is 0 Å². The third-order valence-electron chi connectivity index (χ3n) is 2.14. The number of rotatable bonds is 7. The van der Waals surface area contributed by atoms with Crippen molar-refractivity contribution in [3.8, 4) is 0 Å². The Morgan fingerprint density at radius 1 is 1.31 bits per heavy atom. The molecule has 0 fully saturated rings. The summed E-state index contributed by atoms with van der Waals surface area (Å²) in [6, 6.07) is 0.947. The summed E-state index contributed by atoms with van der Waals surface area (Å²) in [6.45, 7) is 2.03. The predicted octanol–water partition coefficient (Wildman–Crippen LogP) is 2.41. The molecular weight excluding hydrogens is 204 g/mol. The molecule has 0 aromatic heterocycles. The van der Waals surface area contributed by atoms with Gasteiger partial charge in [-0.05, 0) is 31.2 Å². The van der Waals surface area contributed by atoms with Crippen LogP contribution in [0.3, 0.4) is 0 Å². The van der Waals surface area contributed by atoms with Gasteiger partial charge in [0.15, 0.2) is 5.05 Å². The van der Waals surface area contributed by atoms with Gasteiger partial charge in [-0.3, -0.25) is 0 Å². The zero-order valence-electron chi connectivity index (χ0n) is 8.50. The van der Waals surface area contributed by atoms with Gasteiger partial charge >= 0.3 is 8.56 Å². The van der Waals surface area contributed by atoms with Gasteiger partial charge in [-0.1, -0.05) is 6.42 Å². The van der Waals surface area contributed by atoms with Crippen LogP contribution in [0, 0.1) is 0 Å². The Kier molecular flexibility index (Phi) is 6.49. The number of aliphatic hydroxyl groups is 1. The van der Waals surface area contributed by atoms with E-state index in [0.29, 0.717) is 6.42 Å². The fourth-order valence-electron chi connectivity index (χ4n) is 1.01. The SMILES string of the molecule is CO[Si](C)(CCCCC(O)=S)OC. The highest BCUT2D eigenvalue weighted by molar-refractivity contribution is 7.80. The number of hydrogen-bond acceptors (Lipinski definition) is 3. The van der Waals surface area contributed by atoms with Crippen LogP contribution in [0.25, 0.3) is 0 Å². The van der Waals surface area contributed by atoms with E-state index in [9.17, 15) is 0 Å². The molecule has 0 heterocycles. The number of aliphatic hydroxyl groups excluding tert-OH is 1.